The van der Waals surface area contributed by atoms with Crippen LogP contribution in [0.2, 0.25) is 0 Å². The van der Waals surface area contributed by atoms with Crippen molar-refractivity contribution >= 4 is 28.9 Å². The van der Waals surface area contributed by atoms with Gasteiger partial charge >= 0.3 is 0 Å². The summed E-state index contributed by atoms with van der Waals surface area (Å²) in [5, 5.41) is 8.82. The molecular weight excluding hydrogens is 350 g/mol. The molecule has 0 bridgehead atoms. The highest BCUT2D eigenvalue weighted by Gasteiger charge is 2.13. The normalized spacial score (nSPS) is 10.2. The lowest BCUT2D eigenvalue weighted by Gasteiger charge is -2.15. The first kappa shape index (κ1) is 19.2. The lowest BCUT2D eigenvalue weighted by Crippen LogP contribution is -2.18. The SMILES string of the molecule is CNC(=O)c1ccc(NC(=O)c2ccccc2Nc2cccc(C)c2C)cc1. The van der Waals surface area contributed by atoms with E-state index < -0.39 is 0 Å². The Kier molecular flexibility index (Phi) is 5.75. The van der Waals surface area contributed by atoms with Crippen molar-refractivity contribution in [1.29, 1.82) is 0 Å². The summed E-state index contributed by atoms with van der Waals surface area (Å²) in [4.78, 5) is 24.5. The van der Waals surface area contributed by atoms with E-state index in [0.29, 0.717) is 16.8 Å². The maximum absolute atomic E-state index is 12.8. The fraction of sp³-hybridized carbons (Fsp3) is 0.130. The number of rotatable bonds is 5. The lowest BCUT2D eigenvalue weighted by molar-refractivity contribution is 0.0962. The van der Waals surface area contributed by atoms with Crippen LogP contribution in [0.5, 0.6) is 0 Å². The molecule has 3 aromatic rings. The molecule has 0 aromatic heterocycles. The molecule has 5 heteroatoms. The molecule has 0 fully saturated rings. The second kappa shape index (κ2) is 8.39. The van der Waals surface area contributed by atoms with E-state index in [1.54, 1.807) is 37.4 Å². The summed E-state index contributed by atoms with van der Waals surface area (Å²) in [5.41, 5.74) is 5.73. The summed E-state index contributed by atoms with van der Waals surface area (Å²) in [6.07, 6.45) is 0. The predicted octanol–water partition coefficient (Wildman–Crippen LogP) is 4.66. The quantitative estimate of drug-likeness (QED) is 0.609. The molecule has 0 heterocycles. The Bertz CT molecular complexity index is 1010. The molecule has 3 N–H and O–H groups in total. The molecule has 5 nitrogen and oxygen atoms in total. The Balaban J connectivity index is 1.81. The molecule has 0 aliphatic heterocycles. The smallest absolute Gasteiger partial charge is 0.257 e. The minimum absolute atomic E-state index is 0.166. The number of aryl methyl sites for hydroxylation is 1. The first-order chi connectivity index (χ1) is 13.5. The molecule has 3 rings (SSSR count). The lowest BCUT2D eigenvalue weighted by atomic mass is 10.1. The van der Waals surface area contributed by atoms with E-state index in [4.69, 9.17) is 0 Å². The molecule has 3 aromatic carbocycles. The van der Waals surface area contributed by atoms with Gasteiger partial charge in [-0.3, -0.25) is 9.59 Å². The number of amides is 2. The highest BCUT2D eigenvalue weighted by Crippen LogP contribution is 2.26. The highest BCUT2D eigenvalue weighted by molar-refractivity contribution is 6.08. The van der Waals surface area contributed by atoms with Gasteiger partial charge in [0.25, 0.3) is 11.8 Å². The van der Waals surface area contributed by atoms with Gasteiger partial charge in [0.15, 0.2) is 0 Å². The van der Waals surface area contributed by atoms with Gasteiger partial charge in [-0.15, -0.1) is 0 Å². The monoisotopic (exact) mass is 373 g/mol. The molecule has 28 heavy (non-hydrogen) atoms. The van der Waals surface area contributed by atoms with Gasteiger partial charge in [0, 0.05) is 24.0 Å². The Morgan fingerprint density at radius 2 is 1.43 bits per heavy atom. The molecule has 0 saturated heterocycles. The Hall–Kier alpha value is -3.60. The summed E-state index contributed by atoms with van der Waals surface area (Å²) in [7, 11) is 1.58. The Labute approximate surface area is 164 Å². The summed E-state index contributed by atoms with van der Waals surface area (Å²) in [6.45, 7) is 4.11. The number of benzene rings is 3. The number of anilines is 3. The van der Waals surface area contributed by atoms with Crippen LogP contribution in [0.3, 0.4) is 0 Å². The zero-order chi connectivity index (χ0) is 20.1. The molecule has 142 valence electrons. The van der Waals surface area contributed by atoms with Crippen LogP contribution in [-0.2, 0) is 0 Å². The van der Waals surface area contributed by atoms with Gasteiger partial charge in [0.1, 0.15) is 0 Å². The van der Waals surface area contributed by atoms with Crippen molar-refractivity contribution < 1.29 is 9.59 Å². The third-order valence-electron chi connectivity index (χ3n) is 4.68. The predicted molar refractivity (Wildman–Crippen MR) is 113 cm³/mol. The number of carbonyl (C=O) groups is 2. The van der Waals surface area contributed by atoms with Gasteiger partial charge in [0.05, 0.1) is 11.3 Å². The van der Waals surface area contributed by atoms with Gasteiger partial charge in [-0.25, -0.2) is 0 Å². The molecular formula is C23H23N3O2. The van der Waals surface area contributed by atoms with E-state index in [9.17, 15) is 9.59 Å². The molecule has 0 atom stereocenters. The standard InChI is InChI=1S/C23H23N3O2/c1-15-7-6-10-20(16(15)2)26-21-9-5-4-8-19(21)23(28)25-18-13-11-17(12-14-18)22(27)24-3/h4-14,26H,1-3H3,(H,24,27)(H,25,28). The van der Waals surface area contributed by atoms with E-state index in [-0.39, 0.29) is 11.8 Å². The fourth-order valence-electron chi connectivity index (χ4n) is 2.87. The summed E-state index contributed by atoms with van der Waals surface area (Å²) >= 11 is 0. The van der Waals surface area contributed by atoms with Crippen LogP contribution < -0.4 is 16.0 Å². The largest absolute Gasteiger partial charge is 0.355 e. The van der Waals surface area contributed by atoms with E-state index in [0.717, 1.165) is 16.9 Å². The summed E-state index contributed by atoms with van der Waals surface area (Å²) < 4.78 is 0. The van der Waals surface area contributed by atoms with Crippen molar-refractivity contribution in [3.63, 3.8) is 0 Å². The number of nitrogens with one attached hydrogen (secondary N) is 3. The summed E-state index contributed by atoms with van der Waals surface area (Å²) in [6, 6.07) is 20.2. The molecule has 2 amide bonds. The third kappa shape index (κ3) is 4.20. The third-order valence-corrected chi connectivity index (χ3v) is 4.68. The minimum Gasteiger partial charge on any atom is -0.355 e. The topological polar surface area (TPSA) is 70.2 Å². The maximum Gasteiger partial charge on any atom is 0.257 e. The number of para-hydroxylation sites is 1. The zero-order valence-electron chi connectivity index (χ0n) is 16.2. The number of carbonyl (C=O) groups excluding carboxylic acids is 2. The molecule has 0 aliphatic rings. The van der Waals surface area contributed by atoms with E-state index in [1.807, 2.05) is 37.3 Å². The average Bonchev–Trinajstić information content (AvgIpc) is 2.71. The molecule has 0 saturated carbocycles. The summed E-state index contributed by atoms with van der Waals surface area (Å²) in [5.74, 6) is -0.387. The van der Waals surface area contributed by atoms with Crippen LogP contribution in [0, 0.1) is 13.8 Å². The molecule has 0 aliphatic carbocycles. The number of hydrogen-bond donors (Lipinski definition) is 3. The zero-order valence-corrected chi connectivity index (χ0v) is 16.2. The van der Waals surface area contributed by atoms with Crippen molar-refractivity contribution in [2.24, 2.45) is 0 Å². The van der Waals surface area contributed by atoms with Crippen LogP contribution in [0.25, 0.3) is 0 Å². The minimum atomic E-state index is -0.221. The van der Waals surface area contributed by atoms with E-state index in [1.165, 1.54) is 5.56 Å². The van der Waals surface area contributed by atoms with Gasteiger partial charge in [-0.1, -0.05) is 24.3 Å². The van der Waals surface area contributed by atoms with Crippen molar-refractivity contribution in [3.8, 4) is 0 Å². The maximum atomic E-state index is 12.8. The van der Waals surface area contributed by atoms with E-state index in [2.05, 4.69) is 28.9 Å². The van der Waals surface area contributed by atoms with Crippen molar-refractivity contribution in [2.75, 3.05) is 17.7 Å². The van der Waals surface area contributed by atoms with Gasteiger partial charge < -0.3 is 16.0 Å². The molecule has 0 unspecified atom stereocenters. The van der Waals surface area contributed by atoms with Gasteiger partial charge in [-0.05, 0) is 67.4 Å². The van der Waals surface area contributed by atoms with E-state index >= 15 is 0 Å². The Morgan fingerprint density at radius 3 is 2.14 bits per heavy atom. The Morgan fingerprint density at radius 1 is 0.750 bits per heavy atom. The van der Waals surface area contributed by atoms with Crippen LogP contribution in [-0.4, -0.2) is 18.9 Å². The van der Waals surface area contributed by atoms with Gasteiger partial charge in [-0.2, -0.15) is 0 Å². The fourth-order valence-corrected chi connectivity index (χ4v) is 2.87. The highest BCUT2D eigenvalue weighted by atomic mass is 16.2. The van der Waals surface area contributed by atoms with Crippen molar-refractivity contribution in [2.45, 2.75) is 13.8 Å². The molecule has 0 radical (unpaired) electrons. The van der Waals surface area contributed by atoms with Crippen LogP contribution in [0.4, 0.5) is 17.1 Å². The first-order valence-corrected chi connectivity index (χ1v) is 9.05. The number of hydrogen-bond acceptors (Lipinski definition) is 3. The first-order valence-electron chi connectivity index (χ1n) is 9.05. The van der Waals surface area contributed by atoms with Crippen LogP contribution >= 0.6 is 0 Å². The molecule has 0 spiro atoms. The van der Waals surface area contributed by atoms with Gasteiger partial charge in [0.2, 0.25) is 0 Å². The van der Waals surface area contributed by atoms with Crippen molar-refractivity contribution in [3.05, 3.63) is 89.0 Å². The van der Waals surface area contributed by atoms with Crippen molar-refractivity contribution in [1.82, 2.24) is 5.32 Å². The second-order valence-corrected chi connectivity index (χ2v) is 6.53. The average molecular weight is 373 g/mol. The second-order valence-electron chi connectivity index (χ2n) is 6.53. The van der Waals surface area contributed by atoms with Crippen LogP contribution in [0.1, 0.15) is 31.8 Å². The van der Waals surface area contributed by atoms with Crippen LogP contribution in [0.15, 0.2) is 66.7 Å².